The summed E-state index contributed by atoms with van der Waals surface area (Å²) in [5, 5.41) is 14.6. The quantitative estimate of drug-likeness (QED) is 0.558. The molecule has 1 atom stereocenters. The largest absolute Gasteiger partial charge is 0.422 e. The van der Waals surface area contributed by atoms with Crippen molar-refractivity contribution in [2.45, 2.75) is 37.8 Å². The molecule has 0 saturated heterocycles. The van der Waals surface area contributed by atoms with E-state index in [1.54, 1.807) is 6.07 Å². The second-order valence-corrected chi connectivity index (χ2v) is 8.80. The number of hydrogen-bond donors (Lipinski definition) is 1. The first kappa shape index (κ1) is 20.2. The van der Waals surface area contributed by atoms with Crippen molar-refractivity contribution in [1.29, 1.82) is 0 Å². The van der Waals surface area contributed by atoms with Crippen LogP contribution >= 0.6 is 0 Å². The van der Waals surface area contributed by atoms with Crippen LogP contribution in [0.15, 0.2) is 45.3 Å². The minimum absolute atomic E-state index is 0.0147. The Labute approximate surface area is 172 Å². The number of hydrogen-bond acceptors (Lipinski definition) is 9. The average molecular weight is 432 g/mol. The molecule has 1 saturated carbocycles. The van der Waals surface area contributed by atoms with Crippen LogP contribution in [0, 0.1) is 0 Å². The van der Waals surface area contributed by atoms with Crippen LogP contribution in [-0.2, 0) is 14.3 Å². The van der Waals surface area contributed by atoms with Crippen LogP contribution in [0.5, 0.6) is 0 Å². The van der Waals surface area contributed by atoms with E-state index in [-0.39, 0.29) is 29.5 Å². The molecule has 0 bridgehead atoms. The molecule has 158 valence electrons. The standard InChI is InChI=1S/C19H20N4O6S/c1-11(29-30(2,25)26)18-21-22-19(27-18)13-8-14(9-13)20-17(24)15-10-16(28-23-15)12-6-4-3-5-7-12/h3-7,10-11,13-14H,8-9H2,1-2H3,(H,20,24). The summed E-state index contributed by atoms with van der Waals surface area (Å²) in [6.45, 7) is 1.52. The van der Waals surface area contributed by atoms with Gasteiger partial charge in [-0.25, -0.2) is 0 Å². The smallest absolute Gasteiger partial charge is 0.273 e. The molecule has 30 heavy (non-hydrogen) atoms. The minimum atomic E-state index is -3.63. The van der Waals surface area contributed by atoms with E-state index < -0.39 is 16.2 Å². The highest BCUT2D eigenvalue weighted by molar-refractivity contribution is 7.86. The Kier molecular flexibility index (Phi) is 5.39. The molecule has 1 aliphatic rings. The number of rotatable bonds is 7. The first-order valence-corrected chi connectivity index (χ1v) is 11.1. The van der Waals surface area contributed by atoms with E-state index in [0.717, 1.165) is 11.8 Å². The van der Waals surface area contributed by atoms with Gasteiger partial charge in [0.05, 0.1) is 6.26 Å². The predicted molar refractivity (Wildman–Crippen MR) is 104 cm³/mol. The fourth-order valence-corrected chi connectivity index (χ4v) is 3.80. The summed E-state index contributed by atoms with van der Waals surface area (Å²) >= 11 is 0. The fourth-order valence-electron chi connectivity index (χ4n) is 3.20. The molecule has 0 radical (unpaired) electrons. The molecule has 2 aromatic heterocycles. The molecule has 0 aliphatic heterocycles. The van der Waals surface area contributed by atoms with E-state index in [4.69, 9.17) is 13.1 Å². The highest BCUT2D eigenvalue weighted by Gasteiger charge is 2.36. The molecule has 0 spiro atoms. The molecular weight excluding hydrogens is 412 g/mol. The van der Waals surface area contributed by atoms with Gasteiger partial charge in [-0.05, 0) is 19.8 Å². The SMILES string of the molecule is CC(OS(C)(=O)=O)c1nnc(C2CC(NC(=O)c3cc(-c4ccccc4)on3)C2)o1. The lowest BCUT2D eigenvalue weighted by Gasteiger charge is -2.33. The zero-order chi connectivity index (χ0) is 21.3. The average Bonchev–Trinajstić information content (AvgIpc) is 3.33. The number of nitrogens with one attached hydrogen (secondary N) is 1. The molecule has 1 fully saturated rings. The molecule has 10 nitrogen and oxygen atoms in total. The topological polar surface area (TPSA) is 137 Å². The van der Waals surface area contributed by atoms with Crippen molar-refractivity contribution in [3.8, 4) is 11.3 Å². The second kappa shape index (κ2) is 8.00. The number of carbonyl (C=O) groups excluding carboxylic acids is 1. The van der Waals surface area contributed by atoms with Gasteiger partial charge in [-0.2, -0.15) is 8.42 Å². The normalized spacial score (nSPS) is 19.8. The van der Waals surface area contributed by atoms with Gasteiger partial charge in [-0.1, -0.05) is 35.5 Å². The highest BCUT2D eigenvalue weighted by Crippen LogP contribution is 2.37. The molecular formula is C19H20N4O6S. The maximum Gasteiger partial charge on any atom is 0.273 e. The molecule has 1 amide bonds. The number of carbonyl (C=O) groups is 1. The fraction of sp³-hybridized carbons (Fsp3) is 0.368. The molecule has 2 heterocycles. The maximum absolute atomic E-state index is 12.4. The first-order valence-electron chi connectivity index (χ1n) is 9.33. The molecule has 1 aromatic carbocycles. The van der Waals surface area contributed by atoms with Crippen LogP contribution in [0.3, 0.4) is 0 Å². The van der Waals surface area contributed by atoms with Crippen LogP contribution in [0.2, 0.25) is 0 Å². The van der Waals surface area contributed by atoms with Gasteiger partial charge in [-0.15, -0.1) is 10.2 Å². The molecule has 1 aliphatic carbocycles. The molecule has 4 rings (SSSR count). The zero-order valence-corrected chi connectivity index (χ0v) is 17.1. The summed E-state index contributed by atoms with van der Waals surface area (Å²) in [6, 6.07) is 10.9. The molecule has 1 N–H and O–H groups in total. The van der Waals surface area contributed by atoms with Crippen LogP contribution in [0.4, 0.5) is 0 Å². The summed E-state index contributed by atoms with van der Waals surface area (Å²) in [5.74, 6) is 0.687. The van der Waals surface area contributed by atoms with Crippen LogP contribution in [0.1, 0.15) is 54.1 Å². The Morgan fingerprint density at radius 1 is 1.23 bits per heavy atom. The summed E-state index contributed by atoms with van der Waals surface area (Å²) in [6.07, 6.45) is 1.34. The van der Waals surface area contributed by atoms with Crippen molar-refractivity contribution in [3.05, 3.63) is 53.9 Å². The lowest BCUT2D eigenvalue weighted by molar-refractivity contribution is 0.0893. The third kappa shape index (κ3) is 4.57. The lowest BCUT2D eigenvalue weighted by Crippen LogP contribution is -2.43. The second-order valence-electron chi connectivity index (χ2n) is 7.20. The van der Waals surface area contributed by atoms with Crippen molar-refractivity contribution < 1.29 is 26.3 Å². The van der Waals surface area contributed by atoms with Crippen molar-refractivity contribution in [3.63, 3.8) is 0 Å². The van der Waals surface area contributed by atoms with Crippen LogP contribution < -0.4 is 5.32 Å². The molecule has 11 heteroatoms. The summed E-state index contributed by atoms with van der Waals surface area (Å²) < 4.78 is 38.0. The Hall–Kier alpha value is -3.05. The van der Waals surface area contributed by atoms with Crippen molar-refractivity contribution >= 4 is 16.0 Å². The Balaban J connectivity index is 1.30. The van der Waals surface area contributed by atoms with Gasteiger partial charge in [0.1, 0.15) is 0 Å². The molecule has 3 aromatic rings. The van der Waals surface area contributed by atoms with Gasteiger partial charge in [0.15, 0.2) is 17.6 Å². The van der Waals surface area contributed by atoms with E-state index in [9.17, 15) is 13.2 Å². The highest BCUT2D eigenvalue weighted by atomic mass is 32.2. The number of nitrogens with zero attached hydrogens (tertiary/aromatic N) is 3. The number of benzene rings is 1. The van der Waals surface area contributed by atoms with Crippen molar-refractivity contribution in [2.24, 2.45) is 0 Å². The Morgan fingerprint density at radius 3 is 2.67 bits per heavy atom. The van der Waals surface area contributed by atoms with Crippen molar-refractivity contribution in [1.82, 2.24) is 20.7 Å². The number of amides is 1. The summed E-state index contributed by atoms with van der Waals surface area (Å²) in [4.78, 5) is 12.4. The van der Waals surface area contributed by atoms with Gasteiger partial charge in [-0.3, -0.25) is 8.98 Å². The summed E-state index contributed by atoms with van der Waals surface area (Å²) in [7, 11) is -3.63. The van der Waals surface area contributed by atoms with E-state index in [1.165, 1.54) is 6.92 Å². The number of aromatic nitrogens is 3. The minimum Gasteiger partial charge on any atom is -0.422 e. The predicted octanol–water partition coefficient (Wildman–Crippen LogP) is 2.44. The van der Waals surface area contributed by atoms with Gasteiger partial charge in [0.2, 0.25) is 11.8 Å². The van der Waals surface area contributed by atoms with Gasteiger partial charge < -0.3 is 14.3 Å². The van der Waals surface area contributed by atoms with E-state index >= 15 is 0 Å². The van der Waals surface area contributed by atoms with Gasteiger partial charge in [0.25, 0.3) is 16.0 Å². The Bertz CT molecular complexity index is 1130. The monoisotopic (exact) mass is 432 g/mol. The third-order valence-electron chi connectivity index (χ3n) is 4.75. The van der Waals surface area contributed by atoms with E-state index in [2.05, 4.69) is 20.7 Å². The zero-order valence-electron chi connectivity index (χ0n) is 16.3. The van der Waals surface area contributed by atoms with E-state index in [1.807, 2.05) is 30.3 Å². The summed E-state index contributed by atoms with van der Waals surface area (Å²) in [5.41, 5.74) is 1.05. The van der Waals surface area contributed by atoms with Crippen molar-refractivity contribution in [2.75, 3.05) is 6.26 Å². The van der Waals surface area contributed by atoms with Gasteiger partial charge >= 0.3 is 0 Å². The van der Waals surface area contributed by atoms with Crippen LogP contribution in [-0.4, -0.2) is 42.0 Å². The molecule has 1 unspecified atom stereocenters. The Morgan fingerprint density at radius 2 is 1.97 bits per heavy atom. The lowest BCUT2D eigenvalue weighted by atomic mass is 9.80. The first-order chi connectivity index (χ1) is 14.3. The maximum atomic E-state index is 12.4. The third-order valence-corrected chi connectivity index (χ3v) is 5.39. The van der Waals surface area contributed by atoms with Crippen LogP contribution in [0.25, 0.3) is 11.3 Å². The van der Waals surface area contributed by atoms with Gasteiger partial charge in [0, 0.05) is 23.6 Å². The van der Waals surface area contributed by atoms with E-state index in [0.29, 0.717) is 24.5 Å².